The van der Waals surface area contributed by atoms with E-state index < -0.39 is 29.5 Å². The number of hydrogen-bond acceptors (Lipinski definition) is 8. The van der Waals surface area contributed by atoms with Crippen molar-refractivity contribution in [2.24, 2.45) is 0 Å². The molecule has 3 heterocycles. The van der Waals surface area contributed by atoms with Crippen molar-refractivity contribution in [3.8, 4) is 0 Å². The van der Waals surface area contributed by atoms with Gasteiger partial charge in [-0.05, 0) is 65.6 Å². The second-order valence-electron chi connectivity index (χ2n) is 13.3. The van der Waals surface area contributed by atoms with Gasteiger partial charge in [0.25, 0.3) is 23.6 Å². The Balaban J connectivity index is 1.16. The maximum absolute atomic E-state index is 14.1. The maximum atomic E-state index is 14.1. The lowest BCUT2D eigenvalue weighted by Crippen LogP contribution is -2.39. The van der Waals surface area contributed by atoms with Crippen LogP contribution in [0.15, 0.2) is 108 Å². The van der Waals surface area contributed by atoms with E-state index in [1.807, 2.05) is 18.2 Å². The maximum Gasteiger partial charge on any atom is 0.266 e. The van der Waals surface area contributed by atoms with Crippen LogP contribution in [0.2, 0.25) is 0 Å². The minimum atomic E-state index is -1.21. The smallest absolute Gasteiger partial charge is 0.266 e. The van der Waals surface area contributed by atoms with Crippen LogP contribution in [0.4, 0.5) is 5.69 Å². The average Bonchev–Trinajstić information content (AvgIpc) is 3.58. The molecule has 3 aliphatic rings. The number of aromatic nitrogens is 1. The van der Waals surface area contributed by atoms with Crippen LogP contribution in [0.1, 0.15) is 99.1 Å². The zero-order chi connectivity index (χ0) is 36.5. The summed E-state index contributed by atoms with van der Waals surface area (Å²) in [6, 6.07) is 29.1. The number of rotatable bonds is 8. The largest absolute Gasteiger partial charge is 0.293 e. The molecule has 0 unspecified atom stereocenters. The Kier molecular flexibility index (Phi) is 7.67. The third-order valence-corrected chi connectivity index (χ3v) is 11.4. The van der Waals surface area contributed by atoms with Gasteiger partial charge in [-0.25, -0.2) is 9.88 Å². The van der Waals surface area contributed by atoms with Crippen molar-refractivity contribution in [2.45, 2.75) is 37.1 Å². The molecule has 0 N–H and O–H groups in total. The molecular formula is C43H29N3O6S. The lowest BCUT2D eigenvalue weighted by atomic mass is 9.93. The third-order valence-electron chi connectivity index (χ3n) is 10.3. The molecule has 0 spiro atoms. The van der Waals surface area contributed by atoms with Crippen molar-refractivity contribution >= 4 is 74.3 Å². The van der Waals surface area contributed by atoms with Crippen LogP contribution < -0.4 is 4.90 Å². The van der Waals surface area contributed by atoms with E-state index in [-0.39, 0.29) is 46.1 Å². The van der Waals surface area contributed by atoms with E-state index in [1.54, 1.807) is 96.7 Å². The minimum Gasteiger partial charge on any atom is -0.293 e. The first-order valence-corrected chi connectivity index (χ1v) is 18.4. The molecule has 2 aliphatic heterocycles. The fourth-order valence-electron chi connectivity index (χ4n) is 7.62. The van der Waals surface area contributed by atoms with Gasteiger partial charge in [-0.15, -0.1) is 11.8 Å². The summed E-state index contributed by atoms with van der Waals surface area (Å²) in [5, 5.41) is 1.85. The van der Waals surface area contributed by atoms with Crippen molar-refractivity contribution in [3.05, 3.63) is 148 Å². The van der Waals surface area contributed by atoms with Gasteiger partial charge in [-0.3, -0.25) is 33.7 Å². The summed E-state index contributed by atoms with van der Waals surface area (Å²) in [4.78, 5) is 91.0. The van der Waals surface area contributed by atoms with Gasteiger partial charge >= 0.3 is 0 Å². The molecule has 0 bridgehead atoms. The molecule has 10 heteroatoms. The Morgan fingerprint density at radius 1 is 0.642 bits per heavy atom. The van der Waals surface area contributed by atoms with Gasteiger partial charge in [0, 0.05) is 37.9 Å². The lowest BCUT2D eigenvalue weighted by molar-refractivity contribution is 0.0597. The molecule has 6 aromatic rings. The molecule has 4 amide bonds. The Hall–Kier alpha value is -6.26. The SMILES string of the molecule is CCCCSc1ccc2c(c1)C(=O)N(c1ccc(CN3C(=O)c4cccc5cccc(c45)C3=O)c3ccc(C4C(=O)c5ccccc5C4=O)nc13)C2=O. The van der Waals surface area contributed by atoms with Crippen molar-refractivity contribution in [3.63, 3.8) is 0 Å². The van der Waals surface area contributed by atoms with Crippen LogP contribution in [-0.4, -0.2) is 50.8 Å². The van der Waals surface area contributed by atoms with Crippen molar-refractivity contribution in [2.75, 3.05) is 10.7 Å². The normalized spacial score (nSPS) is 15.3. The summed E-state index contributed by atoms with van der Waals surface area (Å²) in [5.41, 5.74) is 3.02. The van der Waals surface area contributed by atoms with E-state index in [4.69, 9.17) is 4.98 Å². The van der Waals surface area contributed by atoms with Gasteiger partial charge < -0.3 is 0 Å². The summed E-state index contributed by atoms with van der Waals surface area (Å²) in [6.45, 7) is 1.98. The molecule has 1 aromatic heterocycles. The minimum absolute atomic E-state index is 0.132. The van der Waals surface area contributed by atoms with Crippen LogP contribution in [0.3, 0.4) is 0 Å². The second kappa shape index (κ2) is 12.5. The predicted molar refractivity (Wildman–Crippen MR) is 201 cm³/mol. The van der Waals surface area contributed by atoms with Gasteiger partial charge in [0.1, 0.15) is 5.92 Å². The monoisotopic (exact) mass is 715 g/mol. The predicted octanol–water partition coefficient (Wildman–Crippen LogP) is 8.04. The first-order valence-electron chi connectivity index (χ1n) is 17.4. The molecule has 53 heavy (non-hydrogen) atoms. The highest BCUT2D eigenvalue weighted by Gasteiger charge is 2.42. The first kappa shape index (κ1) is 32.6. The number of nitrogens with zero attached hydrogens (tertiary/aromatic N) is 3. The topological polar surface area (TPSA) is 122 Å². The number of carbonyl (C=O) groups is 6. The van der Waals surface area contributed by atoms with Crippen molar-refractivity contribution in [1.82, 2.24) is 9.88 Å². The highest BCUT2D eigenvalue weighted by Crippen LogP contribution is 2.40. The Labute approximate surface area is 307 Å². The van der Waals surface area contributed by atoms with Crippen LogP contribution in [-0.2, 0) is 6.54 Å². The Morgan fingerprint density at radius 3 is 1.98 bits per heavy atom. The average molecular weight is 716 g/mol. The molecule has 1 aliphatic carbocycles. The highest BCUT2D eigenvalue weighted by molar-refractivity contribution is 7.99. The summed E-state index contributed by atoms with van der Waals surface area (Å²) in [7, 11) is 0. The number of amides is 4. The van der Waals surface area contributed by atoms with Crippen LogP contribution >= 0.6 is 11.8 Å². The number of thioether (sulfide) groups is 1. The molecule has 5 aromatic carbocycles. The zero-order valence-electron chi connectivity index (χ0n) is 28.4. The standard InChI is InChI=1S/C43H29N3O6S/c1-2-3-20-53-25-15-16-29-32(21-25)43(52)46(42(29)51)34-19-14-24(22-45-40(49)30-12-6-8-23-9-7-13-31(35(23)30)41(45)50)26-17-18-33(44-37(26)34)36-38(47)27-10-4-5-11-28(27)39(36)48/h4-19,21,36H,2-3,20,22H2,1H3. The van der Waals surface area contributed by atoms with Gasteiger partial charge in [0.15, 0.2) is 11.6 Å². The third kappa shape index (κ3) is 4.97. The number of unbranched alkanes of at least 4 members (excludes halogenated alkanes) is 1. The van der Waals surface area contributed by atoms with Gasteiger partial charge in [-0.1, -0.05) is 74.0 Å². The Morgan fingerprint density at radius 2 is 1.30 bits per heavy atom. The van der Waals surface area contributed by atoms with Crippen LogP contribution in [0.25, 0.3) is 21.7 Å². The fourth-order valence-corrected chi connectivity index (χ4v) is 8.66. The van der Waals surface area contributed by atoms with Gasteiger partial charge in [-0.2, -0.15) is 0 Å². The van der Waals surface area contributed by atoms with E-state index in [9.17, 15) is 28.8 Å². The van der Waals surface area contributed by atoms with E-state index in [0.717, 1.165) is 33.8 Å². The molecule has 0 atom stereocenters. The van der Waals surface area contributed by atoms with Gasteiger partial charge in [0.2, 0.25) is 0 Å². The molecule has 0 saturated carbocycles. The van der Waals surface area contributed by atoms with E-state index in [2.05, 4.69) is 6.92 Å². The number of fused-ring (bicyclic) bond motifs is 3. The Bertz CT molecular complexity index is 2580. The quantitative estimate of drug-likeness (QED) is 0.0672. The number of pyridine rings is 1. The number of anilines is 1. The molecule has 0 saturated heterocycles. The summed E-state index contributed by atoms with van der Waals surface area (Å²) >= 11 is 1.62. The lowest BCUT2D eigenvalue weighted by Gasteiger charge is -2.28. The number of hydrogen-bond donors (Lipinski definition) is 0. The molecule has 9 rings (SSSR count). The molecular weight excluding hydrogens is 687 g/mol. The summed E-state index contributed by atoms with van der Waals surface area (Å²) in [6.07, 6.45) is 2.05. The van der Waals surface area contributed by atoms with Crippen molar-refractivity contribution < 1.29 is 28.8 Å². The first-order chi connectivity index (χ1) is 25.8. The van der Waals surface area contributed by atoms with Crippen LogP contribution in [0.5, 0.6) is 0 Å². The zero-order valence-corrected chi connectivity index (χ0v) is 29.2. The molecule has 258 valence electrons. The number of ketones is 2. The second-order valence-corrected chi connectivity index (χ2v) is 14.5. The van der Waals surface area contributed by atoms with Gasteiger partial charge in [0.05, 0.1) is 34.6 Å². The molecule has 0 fully saturated rings. The molecule has 9 nitrogen and oxygen atoms in total. The van der Waals surface area contributed by atoms with Crippen molar-refractivity contribution in [1.29, 1.82) is 0 Å². The number of imide groups is 2. The summed E-state index contributed by atoms with van der Waals surface area (Å²) < 4.78 is 0. The fraction of sp³-hybridized carbons (Fsp3) is 0.140. The van der Waals surface area contributed by atoms with E-state index in [0.29, 0.717) is 38.6 Å². The number of Topliss-reactive ketones (excluding diaryl/α,β-unsaturated/α-hetero) is 2. The number of carbonyl (C=O) groups excluding carboxylic acids is 6. The summed E-state index contributed by atoms with van der Waals surface area (Å²) in [5.74, 6) is -3.05. The van der Waals surface area contributed by atoms with E-state index >= 15 is 0 Å². The van der Waals surface area contributed by atoms with Crippen LogP contribution in [0, 0.1) is 0 Å². The van der Waals surface area contributed by atoms with E-state index in [1.165, 1.54) is 4.90 Å². The molecule has 0 radical (unpaired) electrons. The highest BCUT2D eigenvalue weighted by atomic mass is 32.2. The number of benzene rings is 5.